The van der Waals surface area contributed by atoms with Crippen LogP contribution in [0.1, 0.15) is 32.1 Å². The highest BCUT2D eigenvalue weighted by atomic mass is 32.1. The molecule has 1 fully saturated rings. The van der Waals surface area contributed by atoms with Crippen LogP contribution in [0.3, 0.4) is 0 Å². The van der Waals surface area contributed by atoms with Crippen molar-refractivity contribution in [3.05, 3.63) is 59.5 Å². The first-order valence-electron chi connectivity index (χ1n) is 10.5. The predicted octanol–water partition coefficient (Wildman–Crippen LogP) is 6.76. The van der Waals surface area contributed by atoms with Gasteiger partial charge in [-0.2, -0.15) is 0 Å². The van der Waals surface area contributed by atoms with Crippen molar-refractivity contribution in [2.75, 3.05) is 12.4 Å². The molecule has 5 rings (SSSR count). The van der Waals surface area contributed by atoms with Crippen molar-refractivity contribution >= 4 is 22.1 Å². The fourth-order valence-electron chi connectivity index (χ4n) is 4.31. The van der Waals surface area contributed by atoms with Gasteiger partial charge < -0.3 is 10.1 Å². The van der Waals surface area contributed by atoms with Crippen LogP contribution in [0.5, 0.6) is 5.75 Å². The highest BCUT2D eigenvalue weighted by molar-refractivity contribution is 7.15. The maximum atomic E-state index is 15.0. The fourth-order valence-corrected chi connectivity index (χ4v) is 5.21. The van der Waals surface area contributed by atoms with Gasteiger partial charge in [-0.15, -0.1) is 11.3 Å². The average Bonchev–Trinajstić information content (AvgIpc) is 3.35. The summed E-state index contributed by atoms with van der Waals surface area (Å²) in [5, 5.41) is 5.63. The zero-order valence-electron chi connectivity index (χ0n) is 17.2. The standard InChI is InChI=1S/C24H23F2N3OS/c1-30-17-12-18(25)21(19(26)13-17)22-23(27-16-10-6-3-7-11-16)29-20(14-31-24(29)28-22)15-8-4-2-5-9-15/h2,4-5,8-9,12-14,16,27H,3,6-7,10-11H2,1H3. The van der Waals surface area contributed by atoms with Crippen molar-refractivity contribution in [3.8, 4) is 28.3 Å². The van der Waals surface area contributed by atoms with Crippen LogP contribution in [0.2, 0.25) is 0 Å². The summed E-state index contributed by atoms with van der Waals surface area (Å²) in [6.45, 7) is 0. The number of rotatable bonds is 5. The fraction of sp³-hybridized carbons (Fsp3) is 0.292. The second-order valence-corrected chi connectivity index (χ2v) is 8.70. The molecule has 0 amide bonds. The van der Waals surface area contributed by atoms with Gasteiger partial charge >= 0.3 is 0 Å². The lowest BCUT2D eigenvalue weighted by molar-refractivity contribution is 0.407. The van der Waals surface area contributed by atoms with E-state index in [1.165, 1.54) is 37.0 Å². The molecular weight excluding hydrogens is 416 g/mol. The highest BCUT2D eigenvalue weighted by Crippen LogP contribution is 2.40. The lowest BCUT2D eigenvalue weighted by Gasteiger charge is -2.24. The Morgan fingerprint density at radius 3 is 2.45 bits per heavy atom. The third-order valence-electron chi connectivity index (χ3n) is 5.87. The van der Waals surface area contributed by atoms with Gasteiger partial charge in [0.1, 0.15) is 28.9 Å². The Kier molecular flexibility index (Phi) is 5.36. The van der Waals surface area contributed by atoms with Crippen LogP contribution < -0.4 is 10.1 Å². The molecule has 0 aliphatic heterocycles. The zero-order valence-corrected chi connectivity index (χ0v) is 18.0. The monoisotopic (exact) mass is 439 g/mol. The van der Waals surface area contributed by atoms with E-state index in [0.717, 1.165) is 36.9 Å². The molecule has 0 atom stereocenters. The third-order valence-corrected chi connectivity index (χ3v) is 6.69. The highest BCUT2D eigenvalue weighted by Gasteiger charge is 2.26. The summed E-state index contributed by atoms with van der Waals surface area (Å²) in [6, 6.07) is 12.6. The van der Waals surface area contributed by atoms with Crippen LogP contribution in [0.15, 0.2) is 47.8 Å². The summed E-state index contributed by atoms with van der Waals surface area (Å²) < 4.78 is 37.0. The lowest BCUT2D eigenvalue weighted by atomic mass is 9.95. The maximum Gasteiger partial charge on any atom is 0.196 e. The molecule has 0 spiro atoms. The van der Waals surface area contributed by atoms with Gasteiger partial charge in [-0.3, -0.25) is 4.40 Å². The van der Waals surface area contributed by atoms with E-state index in [4.69, 9.17) is 4.74 Å². The molecule has 2 aromatic carbocycles. The summed E-state index contributed by atoms with van der Waals surface area (Å²) in [5.74, 6) is -0.581. The molecule has 1 saturated carbocycles. The Morgan fingerprint density at radius 2 is 1.77 bits per heavy atom. The molecule has 1 aliphatic carbocycles. The van der Waals surface area contributed by atoms with Crippen LogP contribution in [0.25, 0.3) is 27.5 Å². The van der Waals surface area contributed by atoms with E-state index in [2.05, 4.69) is 10.3 Å². The number of halogens is 2. The van der Waals surface area contributed by atoms with Crippen molar-refractivity contribution in [3.63, 3.8) is 0 Å². The Hall–Kier alpha value is -2.93. The normalized spacial score (nSPS) is 14.8. The Morgan fingerprint density at radius 1 is 1.06 bits per heavy atom. The molecule has 31 heavy (non-hydrogen) atoms. The van der Waals surface area contributed by atoms with E-state index >= 15 is 8.78 Å². The van der Waals surface area contributed by atoms with Crippen LogP contribution in [0, 0.1) is 11.6 Å². The van der Waals surface area contributed by atoms with E-state index in [-0.39, 0.29) is 17.4 Å². The number of aromatic nitrogens is 2. The zero-order chi connectivity index (χ0) is 21.4. The molecule has 0 unspecified atom stereocenters. The second-order valence-electron chi connectivity index (χ2n) is 7.86. The first-order valence-corrected chi connectivity index (χ1v) is 11.4. The number of benzene rings is 2. The Balaban J connectivity index is 1.71. The molecule has 4 aromatic rings. The van der Waals surface area contributed by atoms with Gasteiger partial charge in [-0.05, 0) is 18.4 Å². The van der Waals surface area contributed by atoms with Gasteiger partial charge in [-0.25, -0.2) is 13.8 Å². The molecule has 1 N–H and O–H groups in total. The maximum absolute atomic E-state index is 15.0. The Bertz CT molecular complexity index is 1190. The lowest BCUT2D eigenvalue weighted by Crippen LogP contribution is -2.23. The van der Waals surface area contributed by atoms with Crippen molar-refractivity contribution in [2.24, 2.45) is 0 Å². The minimum absolute atomic E-state index is 0.131. The summed E-state index contributed by atoms with van der Waals surface area (Å²) in [7, 11) is 1.39. The van der Waals surface area contributed by atoms with Crippen LogP contribution in [0.4, 0.5) is 14.6 Å². The minimum atomic E-state index is -0.685. The molecule has 0 saturated heterocycles. The van der Waals surface area contributed by atoms with Crippen molar-refractivity contribution in [1.29, 1.82) is 0 Å². The predicted molar refractivity (Wildman–Crippen MR) is 121 cm³/mol. The van der Waals surface area contributed by atoms with Gasteiger partial charge in [0.05, 0.1) is 18.4 Å². The summed E-state index contributed by atoms with van der Waals surface area (Å²) in [4.78, 5) is 5.37. The van der Waals surface area contributed by atoms with E-state index in [0.29, 0.717) is 16.5 Å². The number of nitrogens with one attached hydrogen (secondary N) is 1. The minimum Gasteiger partial charge on any atom is -0.497 e. The smallest absolute Gasteiger partial charge is 0.196 e. The molecule has 2 heterocycles. The molecule has 0 radical (unpaired) electrons. The van der Waals surface area contributed by atoms with Crippen LogP contribution >= 0.6 is 11.3 Å². The molecule has 1 aliphatic rings. The van der Waals surface area contributed by atoms with Gasteiger partial charge in [0, 0.05) is 23.6 Å². The van der Waals surface area contributed by atoms with Crippen molar-refractivity contribution in [1.82, 2.24) is 9.38 Å². The van der Waals surface area contributed by atoms with Crippen molar-refractivity contribution in [2.45, 2.75) is 38.1 Å². The number of hydrogen-bond donors (Lipinski definition) is 1. The second kappa shape index (κ2) is 8.30. The molecular formula is C24H23F2N3OS. The van der Waals surface area contributed by atoms with Gasteiger partial charge in [-0.1, -0.05) is 49.6 Å². The topological polar surface area (TPSA) is 38.6 Å². The number of anilines is 1. The number of fused-ring (bicyclic) bond motifs is 1. The quantitative estimate of drug-likeness (QED) is 0.373. The van der Waals surface area contributed by atoms with Gasteiger partial charge in [0.15, 0.2) is 4.96 Å². The van der Waals surface area contributed by atoms with E-state index < -0.39 is 11.6 Å². The van der Waals surface area contributed by atoms with Crippen molar-refractivity contribution < 1.29 is 13.5 Å². The van der Waals surface area contributed by atoms with E-state index in [1.807, 2.05) is 40.1 Å². The van der Waals surface area contributed by atoms with Crippen LogP contribution in [-0.4, -0.2) is 22.5 Å². The Labute approximate surface area is 183 Å². The molecule has 4 nitrogen and oxygen atoms in total. The summed E-state index contributed by atoms with van der Waals surface area (Å²) in [6.07, 6.45) is 5.59. The molecule has 2 aromatic heterocycles. The summed E-state index contributed by atoms with van der Waals surface area (Å²) in [5.41, 5.74) is 2.15. The number of thiazole rings is 1. The van der Waals surface area contributed by atoms with Gasteiger partial charge in [0.25, 0.3) is 0 Å². The number of methoxy groups -OCH3 is 1. The largest absolute Gasteiger partial charge is 0.497 e. The molecule has 0 bridgehead atoms. The molecule has 160 valence electrons. The van der Waals surface area contributed by atoms with E-state index in [1.54, 1.807) is 0 Å². The third kappa shape index (κ3) is 3.67. The number of ether oxygens (including phenoxy) is 1. The first kappa shape index (κ1) is 20.0. The number of nitrogens with zero attached hydrogens (tertiary/aromatic N) is 2. The van der Waals surface area contributed by atoms with E-state index in [9.17, 15) is 0 Å². The number of hydrogen-bond acceptors (Lipinski definition) is 4. The first-order chi connectivity index (χ1) is 15.2. The average molecular weight is 440 g/mol. The summed E-state index contributed by atoms with van der Waals surface area (Å²) >= 11 is 1.46. The SMILES string of the molecule is COc1cc(F)c(-c2nc3scc(-c4ccccc4)n3c2NC2CCCCC2)c(F)c1. The number of imidazole rings is 1. The van der Waals surface area contributed by atoms with Gasteiger partial charge in [0.2, 0.25) is 0 Å². The van der Waals surface area contributed by atoms with Crippen LogP contribution in [-0.2, 0) is 0 Å². The molecule has 7 heteroatoms.